The molecular formula is C24H25FO2. The molecule has 1 unspecified atom stereocenters. The molecule has 0 radical (unpaired) electrons. The maximum absolute atomic E-state index is 14.3. The molecule has 4 atom stereocenters. The average Bonchev–Trinajstić information content (AvgIpc) is 2.66. The van der Waals surface area contributed by atoms with Crippen LogP contribution in [0.25, 0.3) is 0 Å². The van der Waals surface area contributed by atoms with Crippen LogP contribution in [0.15, 0.2) is 66.5 Å². The molecule has 2 aliphatic carbocycles. The highest BCUT2D eigenvalue weighted by Gasteiger charge is 2.37. The van der Waals surface area contributed by atoms with E-state index in [0.29, 0.717) is 29.9 Å². The van der Waals surface area contributed by atoms with E-state index in [4.69, 9.17) is 0 Å². The van der Waals surface area contributed by atoms with Gasteiger partial charge in [-0.25, -0.2) is 4.39 Å². The Morgan fingerprint density at radius 1 is 1.11 bits per heavy atom. The molecule has 2 aromatic rings. The zero-order valence-corrected chi connectivity index (χ0v) is 15.5. The van der Waals surface area contributed by atoms with E-state index in [-0.39, 0.29) is 17.5 Å². The van der Waals surface area contributed by atoms with Gasteiger partial charge in [-0.2, -0.15) is 0 Å². The van der Waals surface area contributed by atoms with Crippen LogP contribution < -0.4 is 0 Å². The summed E-state index contributed by atoms with van der Waals surface area (Å²) in [6.45, 7) is 2.25. The Hall–Kier alpha value is -2.55. The number of aliphatic hydroxyl groups excluding tert-OH is 1. The van der Waals surface area contributed by atoms with Gasteiger partial charge in [0.1, 0.15) is 17.3 Å². The largest absolute Gasteiger partial charge is 0.508 e. The second-order valence-electron chi connectivity index (χ2n) is 7.90. The van der Waals surface area contributed by atoms with Gasteiger partial charge in [0.25, 0.3) is 0 Å². The van der Waals surface area contributed by atoms with Crippen molar-refractivity contribution in [2.24, 2.45) is 17.8 Å². The number of aliphatic hydroxyl groups is 1. The lowest BCUT2D eigenvalue weighted by Crippen LogP contribution is -2.33. The van der Waals surface area contributed by atoms with Crippen molar-refractivity contribution in [2.75, 3.05) is 0 Å². The third kappa shape index (κ3) is 3.51. The molecule has 27 heavy (non-hydrogen) atoms. The second-order valence-corrected chi connectivity index (χ2v) is 7.90. The van der Waals surface area contributed by atoms with Crippen LogP contribution in [0.5, 0.6) is 5.75 Å². The van der Waals surface area contributed by atoms with Crippen LogP contribution in [0.4, 0.5) is 4.39 Å². The Kier molecular flexibility index (Phi) is 4.77. The minimum absolute atomic E-state index is 0.149. The molecular weight excluding hydrogens is 339 g/mol. The van der Waals surface area contributed by atoms with E-state index in [2.05, 4.69) is 13.0 Å². The summed E-state index contributed by atoms with van der Waals surface area (Å²) in [4.78, 5) is 0. The smallest absolute Gasteiger partial charge is 0.126 e. The summed E-state index contributed by atoms with van der Waals surface area (Å²) in [7, 11) is 0. The van der Waals surface area contributed by atoms with E-state index in [0.717, 1.165) is 24.0 Å². The lowest BCUT2D eigenvalue weighted by Gasteiger charge is -2.41. The van der Waals surface area contributed by atoms with Crippen molar-refractivity contribution in [1.82, 2.24) is 0 Å². The van der Waals surface area contributed by atoms with E-state index < -0.39 is 0 Å². The monoisotopic (exact) mass is 364 g/mol. The molecule has 0 heterocycles. The molecule has 0 spiro atoms. The molecule has 140 valence electrons. The molecule has 0 bridgehead atoms. The number of fused-ring (bicyclic) bond motifs is 1. The van der Waals surface area contributed by atoms with Crippen LogP contribution in [0.2, 0.25) is 0 Å². The standard InChI is InChI=1S/C24H25FO2/c1-15-21(16-6-9-19(26)10-7-16)12-17-8-11-20(27)14-23(17)22(15)13-18-4-2-3-5-24(18)25/h2-6,8-11,14-16,21-22,26-27H,7,12-13H2,1H3/t15-,16?,21-,22-/m1/s1. The molecule has 2 N–H and O–H groups in total. The third-order valence-corrected chi connectivity index (χ3v) is 6.36. The number of halogens is 1. The number of hydrogen-bond donors (Lipinski definition) is 2. The summed E-state index contributed by atoms with van der Waals surface area (Å²) in [5, 5.41) is 19.7. The maximum atomic E-state index is 14.3. The quantitative estimate of drug-likeness (QED) is 0.735. The van der Waals surface area contributed by atoms with Gasteiger partial charge in [-0.05, 0) is 90.0 Å². The fraction of sp³-hybridized carbons (Fsp3) is 0.333. The first-order valence-electron chi connectivity index (χ1n) is 9.65. The van der Waals surface area contributed by atoms with E-state index in [9.17, 15) is 14.6 Å². The minimum atomic E-state index is -0.168. The summed E-state index contributed by atoms with van der Waals surface area (Å²) in [6.07, 6.45) is 8.18. The molecule has 0 amide bonds. The van der Waals surface area contributed by atoms with Crippen LogP contribution in [-0.2, 0) is 12.8 Å². The fourth-order valence-corrected chi connectivity index (χ4v) is 4.82. The highest BCUT2D eigenvalue weighted by molar-refractivity contribution is 5.41. The van der Waals surface area contributed by atoms with Gasteiger partial charge in [0.05, 0.1) is 0 Å². The number of benzene rings is 2. The van der Waals surface area contributed by atoms with Crippen LogP contribution in [0.3, 0.4) is 0 Å². The fourth-order valence-electron chi connectivity index (χ4n) is 4.82. The predicted molar refractivity (Wildman–Crippen MR) is 105 cm³/mol. The van der Waals surface area contributed by atoms with Crippen molar-refractivity contribution in [3.05, 3.63) is 89.0 Å². The molecule has 0 saturated carbocycles. The van der Waals surface area contributed by atoms with Crippen LogP contribution in [0, 0.1) is 23.6 Å². The highest BCUT2D eigenvalue weighted by Crippen LogP contribution is 2.46. The van der Waals surface area contributed by atoms with Crippen molar-refractivity contribution >= 4 is 0 Å². The number of rotatable bonds is 3. The third-order valence-electron chi connectivity index (χ3n) is 6.36. The van der Waals surface area contributed by atoms with Crippen molar-refractivity contribution in [2.45, 2.75) is 32.1 Å². The highest BCUT2D eigenvalue weighted by atomic mass is 19.1. The number of hydrogen-bond acceptors (Lipinski definition) is 2. The van der Waals surface area contributed by atoms with Crippen LogP contribution in [-0.4, -0.2) is 10.2 Å². The Morgan fingerprint density at radius 3 is 2.67 bits per heavy atom. The summed E-state index contributed by atoms with van der Waals surface area (Å²) in [5.41, 5.74) is 3.10. The van der Waals surface area contributed by atoms with Gasteiger partial charge >= 0.3 is 0 Å². The average molecular weight is 364 g/mol. The van der Waals surface area contributed by atoms with Gasteiger partial charge in [0, 0.05) is 0 Å². The molecule has 0 fully saturated rings. The first kappa shape index (κ1) is 17.8. The molecule has 0 aromatic heterocycles. The van der Waals surface area contributed by atoms with Crippen molar-refractivity contribution in [1.29, 1.82) is 0 Å². The maximum Gasteiger partial charge on any atom is 0.126 e. The van der Waals surface area contributed by atoms with Crippen molar-refractivity contribution < 1.29 is 14.6 Å². The van der Waals surface area contributed by atoms with Gasteiger partial charge in [0.2, 0.25) is 0 Å². The van der Waals surface area contributed by atoms with Gasteiger partial charge < -0.3 is 10.2 Å². The minimum Gasteiger partial charge on any atom is -0.508 e. The van der Waals surface area contributed by atoms with Crippen molar-refractivity contribution in [3.63, 3.8) is 0 Å². The SMILES string of the molecule is C[C@H]1[C@@H](Cc2ccccc2F)c2cc(O)ccc2C[C@H]1C1C=CC(O)=CC1. The first-order chi connectivity index (χ1) is 13.0. The molecule has 0 aliphatic heterocycles. The molecule has 4 rings (SSSR count). The van der Waals surface area contributed by atoms with Crippen molar-refractivity contribution in [3.8, 4) is 5.75 Å². The number of phenolic OH excluding ortho intramolecular Hbond substituents is 1. The zero-order valence-electron chi connectivity index (χ0n) is 15.5. The number of allylic oxidation sites excluding steroid dienone is 3. The Balaban J connectivity index is 1.70. The summed E-state index contributed by atoms with van der Waals surface area (Å²) in [6, 6.07) is 12.6. The van der Waals surface area contributed by atoms with Crippen LogP contribution in [0.1, 0.15) is 36.0 Å². The molecule has 0 saturated heterocycles. The predicted octanol–water partition coefficient (Wildman–Crippen LogP) is 5.68. The topological polar surface area (TPSA) is 40.5 Å². The molecule has 3 heteroatoms. The first-order valence-corrected chi connectivity index (χ1v) is 9.65. The Labute approximate surface area is 159 Å². The second kappa shape index (κ2) is 7.22. The van der Waals surface area contributed by atoms with Gasteiger partial charge in [-0.3, -0.25) is 0 Å². The van der Waals surface area contributed by atoms with Gasteiger partial charge in [0.15, 0.2) is 0 Å². The number of phenols is 1. The summed E-state index contributed by atoms with van der Waals surface area (Å²) >= 11 is 0. The van der Waals surface area contributed by atoms with E-state index >= 15 is 0 Å². The Bertz CT molecular complexity index is 899. The van der Waals surface area contributed by atoms with Gasteiger partial charge in [-0.1, -0.05) is 37.3 Å². The lowest BCUT2D eigenvalue weighted by atomic mass is 9.63. The van der Waals surface area contributed by atoms with E-state index in [1.165, 1.54) is 11.6 Å². The molecule has 2 aromatic carbocycles. The number of aromatic hydroxyl groups is 1. The Morgan fingerprint density at radius 2 is 1.93 bits per heavy atom. The van der Waals surface area contributed by atoms with E-state index in [1.54, 1.807) is 18.2 Å². The molecule has 2 aliphatic rings. The lowest BCUT2D eigenvalue weighted by molar-refractivity contribution is 0.216. The molecule has 2 nitrogen and oxygen atoms in total. The zero-order chi connectivity index (χ0) is 19.0. The van der Waals surface area contributed by atoms with E-state index in [1.807, 2.05) is 30.3 Å². The van der Waals surface area contributed by atoms with Crippen LogP contribution >= 0.6 is 0 Å². The van der Waals surface area contributed by atoms with Gasteiger partial charge in [-0.15, -0.1) is 0 Å². The summed E-state index contributed by atoms with van der Waals surface area (Å²) < 4.78 is 14.3. The summed E-state index contributed by atoms with van der Waals surface area (Å²) in [5.74, 6) is 1.70. The normalized spacial score (nSPS) is 27.1.